The third-order valence-corrected chi connectivity index (χ3v) is 7.33. The molecule has 24 heavy (non-hydrogen) atoms. The molecule has 1 aliphatic carbocycles. The lowest BCUT2D eigenvalue weighted by Gasteiger charge is -2.30. The van der Waals surface area contributed by atoms with Gasteiger partial charge in [-0.05, 0) is 43.9 Å². The number of carbonyl (C=O) groups is 1. The Morgan fingerprint density at radius 2 is 1.79 bits per heavy atom. The molecular formula is C16H29N3O4S. The van der Waals surface area contributed by atoms with Crippen molar-refractivity contribution in [3.8, 4) is 0 Å². The minimum absolute atomic E-state index is 0.103. The Morgan fingerprint density at radius 1 is 1.08 bits per heavy atom. The van der Waals surface area contributed by atoms with E-state index in [1.807, 2.05) is 5.06 Å². The fourth-order valence-corrected chi connectivity index (χ4v) is 5.05. The van der Waals surface area contributed by atoms with Crippen LogP contribution in [0.1, 0.15) is 38.5 Å². The molecule has 1 N–H and O–H groups in total. The molecule has 1 unspecified atom stereocenters. The summed E-state index contributed by atoms with van der Waals surface area (Å²) in [6.45, 7) is 3.18. The van der Waals surface area contributed by atoms with E-state index >= 15 is 0 Å². The first kappa shape index (κ1) is 18.1. The molecule has 7 nitrogen and oxygen atoms in total. The molecule has 0 spiro atoms. The van der Waals surface area contributed by atoms with E-state index in [9.17, 15) is 13.2 Å². The number of rotatable bonds is 7. The fraction of sp³-hybridized carbons (Fsp3) is 0.938. The van der Waals surface area contributed by atoms with Crippen LogP contribution >= 0.6 is 0 Å². The summed E-state index contributed by atoms with van der Waals surface area (Å²) < 4.78 is 27.4. The number of nitrogens with one attached hydrogen (secondary N) is 1. The Labute approximate surface area is 144 Å². The standard InChI is InChI=1S/C16H29N3O4S/c1-23-19-8-4-13(5-9-19)10-16(20)18-7-6-15(12-18)24(21,22)17-11-14-2-3-14/h13-15,17H,2-12H2,1H3. The van der Waals surface area contributed by atoms with E-state index in [0.717, 1.165) is 38.8 Å². The fourth-order valence-electron chi connectivity index (χ4n) is 3.55. The maximum absolute atomic E-state index is 12.5. The van der Waals surface area contributed by atoms with Crippen LogP contribution in [0.4, 0.5) is 0 Å². The minimum Gasteiger partial charge on any atom is -0.341 e. The lowest BCUT2D eigenvalue weighted by atomic mass is 9.94. The van der Waals surface area contributed by atoms with Gasteiger partial charge in [-0.1, -0.05) is 0 Å². The van der Waals surface area contributed by atoms with Crippen LogP contribution in [0.15, 0.2) is 0 Å². The number of hydrogen-bond acceptors (Lipinski definition) is 5. The molecule has 0 aromatic rings. The summed E-state index contributed by atoms with van der Waals surface area (Å²) in [7, 11) is -1.62. The third-order valence-electron chi connectivity index (χ3n) is 5.50. The van der Waals surface area contributed by atoms with Gasteiger partial charge in [-0.25, -0.2) is 13.1 Å². The molecule has 1 atom stereocenters. The first-order valence-corrected chi connectivity index (χ1v) is 10.6. The highest BCUT2D eigenvalue weighted by atomic mass is 32.2. The predicted octanol–water partition coefficient (Wildman–Crippen LogP) is 0.580. The zero-order valence-electron chi connectivity index (χ0n) is 14.4. The molecule has 1 saturated carbocycles. The monoisotopic (exact) mass is 359 g/mol. The summed E-state index contributed by atoms with van der Waals surface area (Å²) in [5.74, 6) is 1.01. The predicted molar refractivity (Wildman–Crippen MR) is 90.6 cm³/mol. The van der Waals surface area contributed by atoms with E-state index in [0.29, 0.717) is 44.3 Å². The van der Waals surface area contributed by atoms with E-state index in [-0.39, 0.29) is 5.91 Å². The Hall–Kier alpha value is -0.700. The smallest absolute Gasteiger partial charge is 0.222 e. The van der Waals surface area contributed by atoms with Gasteiger partial charge in [0.2, 0.25) is 15.9 Å². The van der Waals surface area contributed by atoms with E-state index in [1.54, 1.807) is 12.0 Å². The maximum atomic E-state index is 12.5. The van der Waals surface area contributed by atoms with E-state index < -0.39 is 15.3 Å². The van der Waals surface area contributed by atoms with E-state index in [4.69, 9.17) is 4.84 Å². The topological polar surface area (TPSA) is 79.0 Å². The van der Waals surface area contributed by atoms with Crippen molar-refractivity contribution in [3.05, 3.63) is 0 Å². The number of sulfonamides is 1. The van der Waals surface area contributed by atoms with Gasteiger partial charge in [0.1, 0.15) is 0 Å². The number of hydroxylamine groups is 2. The van der Waals surface area contributed by atoms with E-state index in [2.05, 4.69) is 4.72 Å². The molecule has 0 radical (unpaired) electrons. The molecule has 2 heterocycles. The summed E-state index contributed by atoms with van der Waals surface area (Å²) in [6.07, 6.45) is 5.24. The molecule has 2 saturated heterocycles. The quantitative estimate of drug-likeness (QED) is 0.719. The van der Waals surface area contributed by atoms with Crippen molar-refractivity contribution >= 4 is 15.9 Å². The maximum Gasteiger partial charge on any atom is 0.222 e. The van der Waals surface area contributed by atoms with Crippen molar-refractivity contribution in [1.29, 1.82) is 0 Å². The summed E-state index contributed by atoms with van der Waals surface area (Å²) in [5, 5.41) is 1.47. The van der Waals surface area contributed by atoms with Crippen LogP contribution in [0, 0.1) is 11.8 Å². The van der Waals surface area contributed by atoms with Gasteiger partial charge < -0.3 is 9.74 Å². The van der Waals surface area contributed by atoms with Crippen molar-refractivity contribution < 1.29 is 18.0 Å². The Bertz CT molecular complexity index is 542. The Morgan fingerprint density at radius 3 is 2.42 bits per heavy atom. The van der Waals surface area contributed by atoms with Gasteiger partial charge in [-0.3, -0.25) is 4.79 Å². The second kappa shape index (κ2) is 7.68. The minimum atomic E-state index is -3.29. The molecular weight excluding hydrogens is 330 g/mol. The number of nitrogens with zero attached hydrogens (tertiary/aromatic N) is 2. The number of carbonyl (C=O) groups excluding carboxylic acids is 1. The van der Waals surface area contributed by atoms with Gasteiger partial charge in [0.05, 0.1) is 12.4 Å². The average molecular weight is 359 g/mol. The van der Waals surface area contributed by atoms with Gasteiger partial charge in [0.15, 0.2) is 0 Å². The molecule has 138 valence electrons. The molecule has 3 rings (SSSR count). The van der Waals surface area contributed by atoms with E-state index in [1.165, 1.54) is 0 Å². The van der Waals surface area contributed by atoms with Gasteiger partial charge in [0, 0.05) is 39.1 Å². The molecule has 3 aliphatic rings. The van der Waals surface area contributed by atoms with Crippen LogP contribution in [-0.4, -0.2) is 69.4 Å². The third kappa shape index (κ3) is 4.68. The lowest BCUT2D eigenvalue weighted by molar-refractivity contribution is -0.151. The largest absolute Gasteiger partial charge is 0.341 e. The SMILES string of the molecule is CON1CCC(CC(=O)N2CCC(S(=O)(=O)NCC3CC3)C2)CC1. The van der Waals surface area contributed by atoms with Gasteiger partial charge in [0.25, 0.3) is 0 Å². The summed E-state index contributed by atoms with van der Waals surface area (Å²) in [5.41, 5.74) is 0. The molecule has 3 fully saturated rings. The average Bonchev–Trinajstić information content (AvgIpc) is 3.27. The van der Waals surface area contributed by atoms with Gasteiger partial charge in [-0.15, -0.1) is 0 Å². The molecule has 0 aromatic carbocycles. The van der Waals surface area contributed by atoms with Crippen LogP contribution in [0.25, 0.3) is 0 Å². The van der Waals surface area contributed by atoms with Crippen LogP contribution in [-0.2, 0) is 19.7 Å². The Balaban J connectivity index is 1.43. The van der Waals surface area contributed by atoms with Crippen LogP contribution < -0.4 is 4.72 Å². The molecule has 8 heteroatoms. The second-order valence-electron chi connectivity index (χ2n) is 7.35. The second-order valence-corrected chi connectivity index (χ2v) is 9.39. The van der Waals surface area contributed by atoms with Crippen LogP contribution in [0.3, 0.4) is 0 Å². The number of likely N-dealkylation sites (tertiary alicyclic amines) is 1. The Kier molecular flexibility index (Phi) is 5.79. The molecule has 0 bridgehead atoms. The van der Waals surface area contributed by atoms with Gasteiger partial charge in [-0.2, -0.15) is 5.06 Å². The number of amides is 1. The summed E-state index contributed by atoms with van der Waals surface area (Å²) in [4.78, 5) is 19.4. The van der Waals surface area contributed by atoms with Crippen molar-refractivity contribution in [2.24, 2.45) is 11.8 Å². The molecule has 2 aliphatic heterocycles. The number of hydrogen-bond donors (Lipinski definition) is 1. The van der Waals surface area contributed by atoms with Crippen LogP contribution in [0.2, 0.25) is 0 Å². The van der Waals surface area contributed by atoms with Crippen molar-refractivity contribution in [2.45, 2.75) is 43.8 Å². The molecule has 1 amide bonds. The van der Waals surface area contributed by atoms with Crippen molar-refractivity contribution in [2.75, 3.05) is 39.8 Å². The summed E-state index contributed by atoms with van der Waals surface area (Å²) in [6, 6.07) is 0. The van der Waals surface area contributed by atoms with Crippen LogP contribution in [0.5, 0.6) is 0 Å². The first-order chi connectivity index (χ1) is 11.5. The van der Waals surface area contributed by atoms with Gasteiger partial charge >= 0.3 is 0 Å². The first-order valence-electron chi connectivity index (χ1n) is 9.03. The van der Waals surface area contributed by atoms with Crippen molar-refractivity contribution in [3.63, 3.8) is 0 Å². The normalized spacial score (nSPS) is 26.9. The zero-order chi connectivity index (χ0) is 17.2. The lowest BCUT2D eigenvalue weighted by Crippen LogP contribution is -2.39. The highest BCUT2D eigenvalue weighted by molar-refractivity contribution is 7.90. The van der Waals surface area contributed by atoms with Crippen molar-refractivity contribution in [1.82, 2.24) is 14.7 Å². The number of piperidine rings is 1. The highest BCUT2D eigenvalue weighted by Crippen LogP contribution is 2.28. The molecule has 0 aromatic heterocycles. The highest BCUT2D eigenvalue weighted by Gasteiger charge is 2.36. The zero-order valence-corrected chi connectivity index (χ0v) is 15.3. The summed E-state index contributed by atoms with van der Waals surface area (Å²) >= 11 is 0.